The molecule has 1 unspecified atom stereocenters. The van der Waals surface area contributed by atoms with Gasteiger partial charge in [-0.2, -0.15) is 0 Å². The Labute approximate surface area is 263 Å². The number of ether oxygens (including phenoxy) is 2. The number of nitrogens with zero attached hydrogens (tertiary/aromatic N) is 6. The van der Waals surface area contributed by atoms with Crippen LogP contribution in [-0.4, -0.2) is 80.8 Å². The number of aromatic nitrogens is 4. The summed E-state index contributed by atoms with van der Waals surface area (Å²) in [5, 5.41) is 4.36. The first-order chi connectivity index (χ1) is 21.5. The summed E-state index contributed by atoms with van der Waals surface area (Å²) in [6, 6.07) is 9.61. The zero-order valence-electron chi connectivity index (χ0n) is 26.8. The predicted octanol–water partition coefficient (Wildman–Crippen LogP) is 5.53. The highest BCUT2D eigenvalue weighted by Gasteiger charge is 2.45. The van der Waals surface area contributed by atoms with Crippen LogP contribution in [0, 0.1) is 0 Å². The second kappa shape index (κ2) is 12.2. The molecule has 1 saturated heterocycles. The van der Waals surface area contributed by atoms with Crippen LogP contribution >= 0.6 is 0 Å². The molecule has 6 rings (SSSR count). The minimum atomic E-state index is -0.902. The van der Waals surface area contributed by atoms with Gasteiger partial charge in [-0.1, -0.05) is 6.07 Å². The number of likely N-dealkylation sites (N-methyl/N-ethyl adjacent to an activating group) is 1. The van der Waals surface area contributed by atoms with Crippen molar-refractivity contribution in [1.82, 2.24) is 29.3 Å². The van der Waals surface area contributed by atoms with Gasteiger partial charge in [0.05, 0.1) is 11.3 Å². The first-order valence-electron chi connectivity index (χ1n) is 15.5. The number of anilines is 1. The van der Waals surface area contributed by atoms with Crippen LogP contribution in [0.5, 0.6) is 0 Å². The summed E-state index contributed by atoms with van der Waals surface area (Å²) in [5.41, 5.74) is 4.60. The summed E-state index contributed by atoms with van der Waals surface area (Å²) in [5.74, 6) is 0.485. The first-order valence-corrected chi connectivity index (χ1v) is 15.5. The molecule has 0 spiro atoms. The summed E-state index contributed by atoms with van der Waals surface area (Å²) in [6.07, 6.45) is 6.32. The van der Waals surface area contributed by atoms with Crippen molar-refractivity contribution in [3.05, 3.63) is 71.3 Å². The third-order valence-electron chi connectivity index (χ3n) is 8.34. The van der Waals surface area contributed by atoms with Crippen molar-refractivity contribution in [2.24, 2.45) is 7.05 Å². The lowest BCUT2D eigenvalue weighted by Gasteiger charge is -2.29. The molecule has 236 valence electrons. The van der Waals surface area contributed by atoms with E-state index in [2.05, 4.69) is 21.3 Å². The lowest BCUT2D eigenvalue weighted by Crippen LogP contribution is -2.41. The van der Waals surface area contributed by atoms with Gasteiger partial charge in [-0.3, -0.25) is 9.78 Å². The number of rotatable bonds is 7. The number of pyridine rings is 3. The van der Waals surface area contributed by atoms with Gasteiger partial charge in [0.1, 0.15) is 23.2 Å². The molecule has 0 radical (unpaired) electrons. The van der Waals surface area contributed by atoms with Crippen molar-refractivity contribution in [1.29, 1.82) is 0 Å². The van der Waals surface area contributed by atoms with E-state index >= 15 is 0 Å². The van der Waals surface area contributed by atoms with Crippen LogP contribution in [0.1, 0.15) is 72.9 Å². The van der Waals surface area contributed by atoms with Gasteiger partial charge in [-0.25, -0.2) is 19.7 Å². The molecule has 45 heavy (non-hydrogen) atoms. The van der Waals surface area contributed by atoms with E-state index in [1.165, 1.54) is 5.56 Å². The van der Waals surface area contributed by atoms with Gasteiger partial charge in [0, 0.05) is 74.0 Å². The normalized spacial score (nSPS) is 17.3. The zero-order valence-corrected chi connectivity index (χ0v) is 26.8. The molecule has 4 aromatic heterocycles. The SMILES string of the molecule is CN(C)CCc1nc(NC2c3c(ccnc3-c3ccnc4c3ccn4C)C(=O)N2C(=O)OC(C)(C)C)ccc1C1CCOCC1. The molecule has 0 saturated carbocycles. The minimum Gasteiger partial charge on any atom is -0.443 e. The smallest absolute Gasteiger partial charge is 0.419 e. The molecule has 1 N–H and O–H groups in total. The maximum Gasteiger partial charge on any atom is 0.419 e. The van der Waals surface area contributed by atoms with E-state index in [1.807, 2.05) is 50.1 Å². The fourth-order valence-electron chi connectivity index (χ4n) is 6.18. The van der Waals surface area contributed by atoms with E-state index in [4.69, 9.17) is 19.4 Å². The molecule has 11 heteroatoms. The third kappa shape index (κ3) is 6.14. The van der Waals surface area contributed by atoms with Crippen molar-refractivity contribution < 1.29 is 19.1 Å². The fraction of sp³-hybridized carbons (Fsp3) is 0.441. The van der Waals surface area contributed by atoms with Crippen LogP contribution in [0.25, 0.3) is 22.3 Å². The lowest BCUT2D eigenvalue weighted by atomic mass is 9.89. The number of imide groups is 1. The zero-order chi connectivity index (χ0) is 31.9. The number of aryl methyl sites for hydroxylation is 1. The standard InChI is InChI=1S/C34H41N7O4/c1-34(2,3)45-33(43)41-31(38-27-8-7-22(21-13-19-44-20-14-21)26(37-27)12-17-39(4)5)28-25(32(41)42)10-15-35-29(28)23-9-16-36-30-24(23)11-18-40(30)6/h7-11,15-16,18,21,31H,12-14,17,19-20H2,1-6H3,(H,37,38). The summed E-state index contributed by atoms with van der Waals surface area (Å²) in [7, 11) is 6.03. The van der Waals surface area contributed by atoms with Crippen LogP contribution < -0.4 is 5.32 Å². The highest BCUT2D eigenvalue weighted by atomic mass is 16.6. The molecular formula is C34H41N7O4. The Balaban J connectivity index is 1.46. The summed E-state index contributed by atoms with van der Waals surface area (Å²) in [4.78, 5) is 45.4. The van der Waals surface area contributed by atoms with E-state index in [9.17, 15) is 9.59 Å². The Kier molecular flexibility index (Phi) is 8.32. The third-order valence-corrected chi connectivity index (χ3v) is 8.34. The molecule has 2 aliphatic heterocycles. The average Bonchev–Trinajstić information content (AvgIpc) is 3.52. The Morgan fingerprint density at radius 1 is 1.07 bits per heavy atom. The van der Waals surface area contributed by atoms with Crippen LogP contribution in [0.2, 0.25) is 0 Å². The van der Waals surface area contributed by atoms with E-state index in [-0.39, 0.29) is 0 Å². The van der Waals surface area contributed by atoms with Crippen LogP contribution in [0.3, 0.4) is 0 Å². The summed E-state index contributed by atoms with van der Waals surface area (Å²) >= 11 is 0. The van der Waals surface area contributed by atoms with Crippen molar-refractivity contribution in [3.63, 3.8) is 0 Å². The van der Waals surface area contributed by atoms with Gasteiger partial charge in [-0.15, -0.1) is 0 Å². The Hall–Kier alpha value is -4.35. The molecule has 1 fully saturated rings. The summed E-state index contributed by atoms with van der Waals surface area (Å²) < 4.78 is 13.3. The second-order valence-electron chi connectivity index (χ2n) is 13.0. The topological polar surface area (TPSA) is 115 Å². The Bertz CT molecular complexity index is 1740. The van der Waals surface area contributed by atoms with Crippen LogP contribution in [0.15, 0.2) is 48.9 Å². The highest BCUT2D eigenvalue weighted by Crippen LogP contribution is 2.42. The number of nitrogens with one attached hydrogen (secondary N) is 1. The van der Waals surface area contributed by atoms with E-state index in [0.29, 0.717) is 28.6 Å². The Morgan fingerprint density at radius 3 is 2.53 bits per heavy atom. The molecule has 11 nitrogen and oxygen atoms in total. The highest BCUT2D eigenvalue weighted by molar-refractivity contribution is 6.09. The molecule has 0 aliphatic carbocycles. The number of carbonyl (C=O) groups excluding carboxylic acids is 2. The lowest BCUT2D eigenvalue weighted by molar-refractivity contribution is 0.0208. The molecule has 2 aliphatic rings. The van der Waals surface area contributed by atoms with Crippen molar-refractivity contribution in [3.8, 4) is 11.3 Å². The van der Waals surface area contributed by atoms with Crippen molar-refractivity contribution in [2.45, 2.75) is 57.7 Å². The second-order valence-corrected chi connectivity index (χ2v) is 13.0. The molecular weight excluding hydrogens is 570 g/mol. The largest absolute Gasteiger partial charge is 0.443 e. The predicted molar refractivity (Wildman–Crippen MR) is 172 cm³/mol. The molecule has 2 amide bonds. The number of amides is 2. The molecule has 0 aromatic carbocycles. The number of carbonyl (C=O) groups is 2. The average molecular weight is 612 g/mol. The summed E-state index contributed by atoms with van der Waals surface area (Å²) in [6.45, 7) is 7.66. The maximum atomic E-state index is 14.0. The maximum absolute atomic E-state index is 14.0. The van der Waals surface area contributed by atoms with E-state index in [0.717, 1.165) is 66.2 Å². The van der Waals surface area contributed by atoms with Gasteiger partial charge in [-0.05, 0) is 83.5 Å². The van der Waals surface area contributed by atoms with E-state index in [1.54, 1.807) is 39.2 Å². The Morgan fingerprint density at radius 2 is 1.80 bits per heavy atom. The molecule has 6 heterocycles. The van der Waals surface area contributed by atoms with Crippen molar-refractivity contribution >= 4 is 28.9 Å². The minimum absolute atomic E-state index is 0.375. The number of hydrogen-bond donors (Lipinski definition) is 1. The van der Waals surface area contributed by atoms with Gasteiger partial charge < -0.3 is 24.3 Å². The molecule has 4 aromatic rings. The van der Waals surface area contributed by atoms with Gasteiger partial charge in [0.25, 0.3) is 5.91 Å². The number of hydrogen-bond acceptors (Lipinski definition) is 9. The van der Waals surface area contributed by atoms with Crippen LogP contribution in [-0.2, 0) is 22.9 Å². The number of fused-ring (bicyclic) bond motifs is 2. The first kappa shape index (κ1) is 30.7. The molecule has 1 atom stereocenters. The van der Waals surface area contributed by atoms with Gasteiger partial charge >= 0.3 is 6.09 Å². The van der Waals surface area contributed by atoms with E-state index < -0.39 is 23.8 Å². The monoisotopic (exact) mass is 611 g/mol. The van der Waals surface area contributed by atoms with Crippen molar-refractivity contribution in [2.75, 3.05) is 39.2 Å². The van der Waals surface area contributed by atoms with Gasteiger partial charge in [0.2, 0.25) is 0 Å². The molecule has 0 bridgehead atoms. The fourth-order valence-corrected chi connectivity index (χ4v) is 6.18. The van der Waals surface area contributed by atoms with Crippen LogP contribution in [0.4, 0.5) is 10.6 Å². The quantitative estimate of drug-likeness (QED) is 0.288. The van der Waals surface area contributed by atoms with Gasteiger partial charge in [0.15, 0.2) is 0 Å².